The maximum Gasteiger partial charge on any atom is 0.573 e. The number of nitriles is 1. The molecule has 1 aliphatic rings. The molecule has 0 aliphatic carbocycles. The van der Waals surface area contributed by atoms with Gasteiger partial charge in [-0.2, -0.15) is 9.57 Å². The number of nitrogens with zero attached hydrogens (tertiary/aromatic N) is 2. The van der Waals surface area contributed by atoms with Crippen molar-refractivity contribution >= 4 is 16.0 Å². The molecule has 1 aliphatic heterocycles. The van der Waals surface area contributed by atoms with Crippen molar-refractivity contribution in [3.63, 3.8) is 0 Å². The summed E-state index contributed by atoms with van der Waals surface area (Å²) in [7, 11) is -4.35. The normalized spacial score (nSPS) is 14.6. The monoisotopic (exact) mass is 574 g/mol. The van der Waals surface area contributed by atoms with Crippen molar-refractivity contribution in [3.05, 3.63) is 77.4 Å². The van der Waals surface area contributed by atoms with Gasteiger partial charge < -0.3 is 14.6 Å². The zero-order valence-electron chi connectivity index (χ0n) is 21.5. The number of hydrogen-bond acceptors (Lipinski definition) is 6. The molecule has 3 aromatic rings. The van der Waals surface area contributed by atoms with E-state index in [-0.39, 0.29) is 27.1 Å². The van der Waals surface area contributed by atoms with Crippen LogP contribution in [0.1, 0.15) is 37.0 Å². The average Bonchev–Trinajstić information content (AvgIpc) is 2.86. The molecule has 0 radical (unpaired) electrons. The minimum atomic E-state index is -4.96. The maximum absolute atomic E-state index is 13.6. The summed E-state index contributed by atoms with van der Waals surface area (Å²) in [6, 6.07) is 15.6. The van der Waals surface area contributed by atoms with Crippen LogP contribution in [0, 0.1) is 11.3 Å². The molecule has 12 heteroatoms. The highest BCUT2D eigenvalue weighted by Crippen LogP contribution is 2.37. The number of halogens is 3. The number of aliphatic carboxylic acids is 1. The van der Waals surface area contributed by atoms with Crippen molar-refractivity contribution in [1.82, 2.24) is 4.31 Å². The number of benzene rings is 3. The maximum atomic E-state index is 13.6. The van der Waals surface area contributed by atoms with Gasteiger partial charge in [0.1, 0.15) is 23.6 Å². The van der Waals surface area contributed by atoms with Gasteiger partial charge in [0.05, 0.1) is 16.5 Å². The van der Waals surface area contributed by atoms with E-state index in [9.17, 15) is 36.8 Å². The van der Waals surface area contributed by atoms with Crippen LogP contribution < -0.4 is 9.47 Å². The van der Waals surface area contributed by atoms with Crippen LogP contribution >= 0.6 is 0 Å². The number of rotatable bonds is 8. The fourth-order valence-electron chi connectivity index (χ4n) is 4.45. The molecule has 210 valence electrons. The number of para-hydroxylation sites is 1. The summed E-state index contributed by atoms with van der Waals surface area (Å²) in [4.78, 5) is 11.5. The van der Waals surface area contributed by atoms with Gasteiger partial charge in [0.2, 0.25) is 10.0 Å². The fraction of sp³-hybridized carbons (Fsp3) is 0.286. The first-order valence-electron chi connectivity index (χ1n) is 12.1. The number of fused-ring (bicyclic) bond motifs is 1. The van der Waals surface area contributed by atoms with Crippen molar-refractivity contribution in [2.45, 2.75) is 50.1 Å². The fourth-order valence-corrected chi connectivity index (χ4v) is 5.88. The third kappa shape index (κ3) is 6.73. The van der Waals surface area contributed by atoms with E-state index in [1.165, 1.54) is 54.6 Å². The van der Waals surface area contributed by atoms with E-state index >= 15 is 0 Å². The number of hydrogen-bond donors (Lipinski definition) is 1. The molecule has 0 unspecified atom stereocenters. The first-order valence-corrected chi connectivity index (χ1v) is 13.5. The van der Waals surface area contributed by atoms with E-state index < -0.39 is 46.8 Å². The topological polar surface area (TPSA) is 117 Å². The second-order valence-corrected chi connectivity index (χ2v) is 11.8. The number of carboxylic acid groups (broad SMARTS) is 1. The first-order chi connectivity index (χ1) is 18.7. The number of alkyl halides is 3. The Morgan fingerprint density at radius 3 is 2.55 bits per heavy atom. The molecule has 3 aromatic carbocycles. The Labute approximate surface area is 229 Å². The van der Waals surface area contributed by atoms with Gasteiger partial charge in [-0.1, -0.05) is 18.2 Å². The first kappa shape index (κ1) is 28.9. The smallest absolute Gasteiger partial charge is 0.488 e. The van der Waals surface area contributed by atoms with E-state index in [0.717, 1.165) is 10.4 Å². The zero-order chi connectivity index (χ0) is 29.3. The molecular weight excluding hydrogens is 549 g/mol. The molecular formula is C28H25F3N2O6S. The third-order valence-electron chi connectivity index (χ3n) is 6.27. The van der Waals surface area contributed by atoms with Crippen LogP contribution in [0.2, 0.25) is 0 Å². The van der Waals surface area contributed by atoms with Gasteiger partial charge in [0, 0.05) is 12.1 Å². The van der Waals surface area contributed by atoms with E-state index in [4.69, 9.17) is 4.74 Å². The van der Waals surface area contributed by atoms with Gasteiger partial charge in [-0.05, 0) is 85.8 Å². The lowest BCUT2D eigenvalue weighted by atomic mass is 9.94. The second kappa shape index (κ2) is 10.8. The van der Waals surface area contributed by atoms with Gasteiger partial charge in [0.25, 0.3) is 0 Å². The summed E-state index contributed by atoms with van der Waals surface area (Å²) in [5.41, 5.74) is 0.680. The molecule has 4 rings (SSSR count). The molecule has 0 saturated heterocycles. The van der Waals surface area contributed by atoms with E-state index in [0.29, 0.717) is 24.2 Å². The second-order valence-electron chi connectivity index (χ2n) is 9.87. The highest BCUT2D eigenvalue weighted by atomic mass is 32.2. The largest absolute Gasteiger partial charge is 0.573 e. The highest BCUT2D eigenvalue weighted by Gasteiger charge is 2.33. The van der Waals surface area contributed by atoms with Gasteiger partial charge >= 0.3 is 12.3 Å². The van der Waals surface area contributed by atoms with Crippen LogP contribution in [-0.2, 0) is 27.8 Å². The number of aryl methyl sites for hydroxylation is 1. The number of sulfonamides is 1. The quantitative estimate of drug-likeness (QED) is 0.377. The van der Waals surface area contributed by atoms with Crippen LogP contribution in [0.3, 0.4) is 0 Å². The molecule has 0 atom stereocenters. The minimum Gasteiger partial charge on any atom is -0.488 e. The summed E-state index contributed by atoms with van der Waals surface area (Å²) >= 11 is 0. The zero-order valence-corrected chi connectivity index (χ0v) is 22.3. The standard InChI is InChI=1S/C28H25F3N2O6S/c1-27(2)10-9-20-14-22(7-8-24(20)38-27)40(36,37)33(17-26(34)35)16-19-11-18(15-32)12-21(13-19)23-5-3-4-6-25(23)39-28(29,30)31/h3-8,11-14H,9-10,16-17H2,1-2H3,(H,34,35). The van der Waals surface area contributed by atoms with Crippen molar-refractivity contribution < 1.29 is 41.0 Å². The van der Waals surface area contributed by atoms with Crippen LogP contribution in [0.25, 0.3) is 11.1 Å². The van der Waals surface area contributed by atoms with Crippen LogP contribution in [0.15, 0.2) is 65.6 Å². The van der Waals surface area contributed by atoms with Crippen LogP contribution in [0.4, 0.5) is 13.2 Å². The van der Waals surface area contributed by atoms with Crippen molar-refractivity contribution in [2.24, 2.45) is 0 Å². The Bertz CT molecular complexity index is 1600. The molecule has 0 saturated carbocycles. The highest BCUT2D eigenvalue weighted by molar-refractivity contribution is 7.89. The molecule has 0 aromatic heterocycles. The van der Waals surface area contributed by atoms with Crippen LogP contribution in [0.5, 0.6) is 11.5 Å². The SMILES string of the molecule is CC1(C)CCc2cc(S(=O)(=O)N(CC(=O)O)Cc3cc(C#N)cc(-c4ccccc4OC(F)(F)F)c3)ccc2O1. The lowest BCUT2D eigenvalue weighted by molar-refractivity contribution is -0.274. The summed E-state index contributed by atoms with van der Waals surface area (Å²) in [5, 5.41) is 19.1. The van der Waals surface area contributed by atoms with E-state index in [1.807, 2.05) is 19.9 Å². The Morgan fingerprint density at radius 1 is 1.15 bits per heavy atom. The van der Waals surface area contributed by atoms with Gasteiger partial charge in [-0.3, -0.25) is 4.79 Å². The summed E-state index contributed by atoms with van der Waals surface area (Å²) in [6.07, 6.45) is -3.74. The molecule has 0 spiro atoms. The number of carboxylic acids is 1. The molecule has 0 amide bonds. The minimum absolute atomic E-state index is 0.0171. The lowest BCUT2D eigenvalue weighted by Crippen LogP contribution is -2.36. The van der Waals surface area contributed by atoms with Gasteiger partial charge in [-0.15, -0.1) is 13.2 Å². The van der Waals surface area contributed by atoms with Crippen molar-refractivity contribution in [3.8, 4) is 28.7 Å². The molecule has 0 fully saturated rings. The van der Waals surface area contributed by atoms with Crippen molar-refractivity contribution in [1.29, 1.82) is 5.26 Å². The summed E-state index contributed by atoms with van der Waals surface area (Å²) in [5.74, 6) is -1.37. The molecule has 8 nitrogen and oxygen atoms in total. The predicted molar refractivity (Wildman–Crippen MR) is 138 cm³/mol. The molecule has 0 bridgehead atoms. The Morgan fingerprint density at radius 2 is 1.88 bits per heavy atom. The van der Waals surface area contributed by atoms with Gasteiger partial charge in [-0.25, -0.2) is 8.42 Å². The Kier molecular flexibility index (Phi) is 7.83. The van der Waals surface area contributed by atoms with E-state index in [2.05, 4.69) is 4.74 Å². The Hall–Kier alpha value is -4.08. The van der Waals surface area contributed by atoms with Gasteiger partial charge in [0.15, 0.2) is 0 Å². The number of ether oxygens (including phenoxy) is 2. The number of carbonyl (C=O) groups is 1. The summed E-state index contributed by atoms with van der Waals surface area (Å²) in [6.45, 7) is 2.50. The summed E-state index contributed by atoms with van der Waals surface area (Å²) < 4.78 is 77.0. The molecule has 1 heterocycles. The van der Waals surface area contributed by atoms with Crippen molar-refractivity contribution in [2.75, 3.05) is 6.54 Å². The van der Waals surface area contributed by atoms with E-state index in [1.54, 1.807) is 0 Å². The lowest BCUT2D eigenvalue weighted by Gasteiger charge is -2.33. The predicted octanol–water partition coefficient (Wildman–Crippen LogP) is 5.50. The average molecular weight is 575 g/mol. The molecule has 1 N–H and O–H groups in total. The Balaban J connectivity index is 1.73. The third-order valence-corrected chi connectivity index (χ3v) is 8.06. The van der Waals surface area contributed by atoms with Crippen LogP contribution in [-0.4, -0.2) is 42.3 Å². The molecule has 40 heavy (non-hydrogen) atoms.